The van der Waals surface area contributed by atoms with Crippen molar-refractivity contribution in [3.05, 3.63) is 77.9 Å². The van der Waals surface area contributed by atoms with Crippen LogP contribution in [0.25, 0.3) is 11.6 Å². The van der Waals surface area contributed by atoms with Gasteiger partial charge in [0.15, 0.2) is 11.5 Å². The molecule has 3 aromatic rings. The molecule has 1 N–H and O–H groups in total. The molecular weight excluding hydrogens is 368 g/mol. The zero-order valence-electron chi connectivity index (χ0n) is 16.5. The number of benzene rings is 2. The first-order chi connectivity index (χ1) is 14.1. The van der Waals surface area contributed by atoms with Gasteiger partial charge in [-0.3, -0.25) is 0 Å². The van der Waals surface area contributed by atoms with E-state index in [1.54, 1.807) is 31.3 Å². The van der Waals surface area contributed by atoms with Crippen LogP contribution < -0.4 is 4.74 Å². The van der Waals surface area contributed by atoms with Gasteiger partial charge in [0, 0.05) is 18.9 Å². The van der Waals surface area contributed by atoms with E-state index in [9.17, 15) is 9.90 Å². The summed E-state index contributed by atoms with van der Waals surface area (Å²) in [5.41, 5.74) is 2.13. The molecule has 3 rings (SSSR count). The van der Waals surface area contributed by atoms with Gasteiger partial charge in [0.05, 0.1) is 13.2 Å². The van der Waals surface area contributed by atoms with E-state index in [1.807, 2.05) is 48.0 Å². The van der Waals surface area contributed by atoms with Gasteiger partial charge < -0.3 is 19.1 Å². The molecule has 1 heterocycles. The number of hydrogen-bond acceptors (Lipinski definition) is 5. The van der Waals surface area contributed by atoms with Crippen molar-refractivity contribution >= 4 is 17.6 Å². The van der Waals surface area contributed by atoms with E-state index in [1.165, 1.54) is 6.07 Å². The van der Waals surface area contributed by atoms with Gasteiger partial charge in [-0.15, -0.1) is 0 Å². The van der Waals surface area contributed by atoms with Gasteiger partial charge in [-0.2, -0.15) is 0 Å². The first-order valence-electron chi connectivity index (χ1n) is 9.52. The molecule has 0 aliphatic heterocycles. The lowest BCUT2D eigenvalue weighted by molar-refractivity contribution is -0.136. The predicted molar refractivity (Wildman–Crippen MR) is 112 cm³/mol. The number of rotatable bonds is 8. The smallest absolute Gasteiger partial charge is 0.341 e. The SMILES string of the molecule is CCOC(=O)C(=Cc1ccc(O)c(OCC)c1)c1nccn1Cc1ccccc1. The summed E-state index contributed by atoms with van der Waals surface area (Å²) in [5.74, 6) is 0.460. The van der Waals surface area contributed by atoms with Crippen molar-refractivity contribution in [3.8, 4) is 11.5 Å². The Morgan fingerprint density at radius 1 is 1.14 bits per heavy atom. The van der Waals surface area contributed by atoms with E-state index in [4.69, 9.17) is 9.47 Å². The average molecular weight is 392 g/mol. The highest BCUT2D eigenvalue weighted by Gasteiger charge is 2.19. The molecule has 0 atom stereocenters. The van der Waals surface area contributed by atoms with E-state index in [0.717, 1.165) is 5.56 Å². The molecule has 0 unspecified atom stereocenters. The number of aromatic hydroxyl groups is 1. The number of carbonyl (C=O) groups is 1. The van der Waals surface area contributed by atoms with Gasteiger partial charge in [0.1, 0.15) is 11.4 Å². The number of esters is 1. The standard InChI is InChI=1S/C23H24N2O4/c1-3-28-21-15-18(10-11-20(21)26)14-19(23(27)29-4-2)22-24-12-13-25(22)16-17-8-6-5-7-9-17/h5-15,26H,3-4,16H2,1-2H3. The minimum Gasteiger partial charge on any atom is -0.504 e. The monoisotopic (exact) mass is 392 g/mol. The largest absolute Gasteiger partial charge is 0.504 e. The van der Waals surface area contributed by atoms with Crippen molar-refractivity contribution in [1.29, 1.82) is 0 Å². The van der Waals surface area contributed by atoms with Crippen molar-refractivity contribution < 1.29 is 19.4 Å². The highest BCUT2D eigenvalue weighted by Crippen LogP contribution is 2.29. The number of aromatic nitrogens is 2. The summed E-state index contributed by atoms with van der Waals surface area (Å²) in [6, 6.07) is 14.9. The van der Waals surface area contributed by atoms with Crippen LogP contribution in [0.1, 0.15) is 30.8 Å². The molecule has 0 radical (unpaired) electrons. The van der Waals surface area contributed by atoms with E-state index in [0.29, 0.717) is 35.9 Å². The summed E-state index contributed by atoms with van der Waals surface area (Å²) >= 11 is 0. The molecule has 0 aliphatic rings. The molecular formula is C23H24N2O4. The summed E-state index contributed by atoms with van der Waals surface area (Å²) < 4.78 is 12.6. The first kappa shape index (κ1) is 20.2. The molecule has 0 saturated carbocycles. The zero-order chi connectivity index (χ0) is 20.6. The lowest BCUT2D eigenvalue weighted by atomic mass is 10.1. The summed E-state index contributed by atoms with van der Waals surface area (Å²) in [4.78, 5) is 17.1. The van der Waals surface area contributed by atoms with Crippen molar-refractivity contribution in [2.75, 3.05) is 13.2 Å². The molecule has 0 saturated heterocycles. The Morgan fingerprint density at radius 2 is 1.93 bits per heavy atom. The predicted octanol–water partition coefficient (Wildman–Crippen LogP) is 4.14. The second kappa shape index (κ2) is 9.59. The van der Waals surface area contributed by atoms with E-state index in [-0.39, 0.29) is 12.4 Å². The number of imidazole rings is 1. The molecule has 1 aromatic heterocycles. The fraction of sp³-hybridized carbons (Fsp3) is 0.217. The molecule has 0 aliphatic carbocycles. The van der Waals surface area contributed by atoms with Gasteiger partial charge in [0.25, 0.3) is 0 Å². The summed E-state index contributed by atoms with van der Waals surface area (Å²) in [5, 5.41) is 9.93. The summed E-state index contributed by atoms with van der Waals surface area (Å²) in [7, 11) is 0. The fourth-order valence-corrected chi connectivity index (χ4v) is 2.94. The van der Waals surface area contributed by atoms with Crippen molar-refractivity contribution in [1.82, 2.24) is 9.55 Å². The van der Waals surface area contributed by atoms with Crippen LogP contribution in [0, 0.1) is 0 Å². The van der Waals surface area contributed by atoms with Crippen LogP contribution in [-0.2, 0) is 16.1 Å². The van der Waals surface area contributed by atoms with E-state index in [2.05, 4.69) is 4.98 Å². The number of phenols is 1. The maximum Gasteiger partial charge on any atom is 0.341 e. The molecule has 0 bridgehead atoms. The van der Waals surface area contributed by atoms with Gasteiger partial charge in [-0.05, 0) is 43.2 Å². The number of ether oxygens (including phenoxy) is 2. The van der Waals surface area contributed by atoms with Crippen molar-refractivity contribution in [2.24, 2.45) is 0 Å². The van der Waals surface area contributed by atoms with Crippen LogP contribution in [0.4, 0.5) is 0 Å². The molecule has 29 heavy (non-hydrogen) atoms. The van der Waals surface area contributed by atoms with Crippen LogP contribution >= 0.6 is 0 Å². The maximum absolute atomic E-state index is 12.7. The fourth-order valence-electron chi connectivity index (χ4n) is 2.94. The Hall–Kier alpha value is -3.54. The highest BCUT2D eigenvalue weighted by molar-refractivity contribution is 6.20. The van der Waals surface area contributed by atoms with Crippen LogP contribution in [0.3, 0.4) is 0 Å². The molecule has 0 spiro atoms. The summed E-state index contributed by atoms with van der Waals surface area (Å²) in [6.45, 7) is 4.86. The Bertz CT molecular complexity index is 993. The third-order valence-electron chi connectivity index (χ3n) is 4.24. The Kier molecular flexibility index (Phi) is 6.68. The van der Waals surface area contributed by atoms with Gasteiger partial charge in [0.2, 0.25) is 0 Å². The zero-order valence-corrected chi connectivity index (χ0v) is 16.5. The van der Waals surface area contributed by atoms with Crippen LogP contribution in [0.15, 0.2) is 60.9 Å². The lowest BCUT2D eigenvalue weighted by Gasteiger charge is -2.12. The quantitative estimate of drug-likeness (QED) is 0.461. The number of nitrogens with zero attached hydrogens (tertiary/aromatic N) is 2. The average Bonchev–Trinajstić information content (AvgIpc) is 3.17. The van der Waals surface area contributed by atoms with Gasteiger partial charge in [-0.25, -0.2) is 9.78 Å². The number of carbonyl (C=O) groups excluding carboxylic acids is 1. The maximum atomic E-state index is 12.7. The summed E-state index contributed by atoms with van der Waals surface area (Å²) in [6.07, 6.45) is 5.19. The van der Waals surface area contributed by atoms with E-state index < -0.39 is 5.97 Å². The third kappa shape index (κ3) is 5.04. The van der Waals surface area contributed by atoms with Crippen LogP contribution in [0.5, 0.6) is 11.5 Å². The first-order valence-corrected chi connectivity index (χ1v) is 9.52. The Balaban J connectivity index is 2.01. The topological polar surface area (TPSA) is 73.6 Å². The molecule has 0 fully saturated rings. The van der Waals surface area contributed by atoms with Crippen LogP contribution in [-0.4, -0.2) is 33.8 Å². The Morgan fingerprint density at radius 3 is 2.66 bits per heavy atom. The number of phenolic OH excluding ortho intramolecular Hbond substituents is 1. The normalized spacial score (nSPS) is 11.3. The van der Waals surface area contributed by atoms with E-state index >= 15 is 0 Å². The molecule has 0 amide bonds. The van der Waals surface area contributed by atoms with Gasteiger partial charge in [-0.1, -0.05) is 36.4 Å². The molecule has 6 heteroatoms. The molecule has 2 aromatic carbocycles. The number of hydrogen-bond donors (Lipinski definition) is 1. The second-order valence-corrected chi connectivity index (χ2v) is 6.30. The van der Waals surface area contributed by atoms with Crippen molar-refractivity contribution in [3.63, 3.8) is 0 Å². The molecule has 150 valence electrons. The second-order valence-electron chi connectivity index (χ2n) is 6.30. The van der Waals surface area contributed by atoms with Crippen molar-refractivity contribution in [2.45, 2.75) is 20.4 Å². The van der Waals surface area contributed by atoms with Gasteiger partial charge >= 0.3 is 5.97 Å². The minimum atomic E-state index is -0.459. The lowest BCUT2D eigenvalue weighted by Crippen LogP contribution is -2.12. The highest BCUT2D eigenvalue weighted by atomic mass is 16.5. The third-order valence-corrected chi connectivity index (χ3v) is 4.24. The van der Waals surface area contributed by atoms with Crippen LogP contribution in [0.2, 0.25) is 0 Å². The Labute approximate surface area is 170 Å². The molecule has 6 nitrogen and oxygen atoms in total. The minimum absolute atomic E-state index is 0.0484.